The lowest BCUT2D eigenvalue weighted by atomic mass is 9.86. The lowest BCUT2D eigenvalue weighted by Crippen LogP contribution is -2.58. The van der Waals surface area contributed by atoms with E-state index >= 15 is 0 Å². The first-order chi connectivity index (χ1) is 8.50. The van der Waals surface area contributed by atoms with Crippen molar-refractivity contribution in [3.8, 4) is 0 Å². The van der Waals surface area contributed by atoms with Crippen LogP contribution in [-0.2, 0) is 14.0 Å². The Morgan fingerprint density at radius 2 is 1.89 bits per heavy atom. The summed E-state index contributed by atoms with van der Waals surface area (Å²) in [7, 11) is -1.98. The summed E-state index contributed by atoms with van der Waals surface area (Å²) >= 11 is 0. The van der Waals surface area contributed by atoms with Crippen molar-refractivity contribution in [3.05, 3.63) is 12.2 Å². The van der Waals surface area contributed by atoms with Crippen LogP contribution in [-0.4, -0.2) is 26.0 Å². The SMILES string of the molecule is C[C@@H]1C(=O)[C@H](C)[C@]2(O[Si](C)(C)C(C)(C)C)C=C[C@@H]1O2. The summed E-state index contributed by atoms with van der Waals surface area (Å²) < 4.78 is 12.6. The fourth-order valence-corrected chi connectivity index (χ4v) is 3.88. The number of carbonyl (C=O) groups excluding carboxylic acids is 1. The highest BCUT2D eigenvalue weighted by molar-refractivity contribution is 6.74. The number of carbonyl (C=O) groups is 1. The molecule has 1 fully saturated rings. The third kappa shape index (κ3) is 2.24. The van der Waals surface area contributed by atoms with Gasteiger partial charge >= 0.3 is 0 Å². The second-order valence-corrected chi connectivity index (χ2v) is 12.2. The van der Waals surface area contributed by atoms with Gasteiger partial charge in [-0.1, -0.05) is 33.8 Å². The Morgan fingerprint density at radius 3 is 2.42 bits per heavy atom. The molecule has 4 atom stereocenters. The van der Waals surface area contributed by atoms with Crippen LogP contribution in [0.4, 0.5) is 0 Å². The Kier molecular flexibility index (Phi) is 3.36. The Balaban J connectivity index is 2.30. The molecular formula is C15H26O3Si. The summed E-state index contributed by atoms with van der Waals surface area (Å²) in [6.07, 6.45) is 3.86. The Morgan fingerprint density at radius 1 is 1.32 bits per heavy atom. The molecule has 0 N–H and O–H groups in total. The predicted octanol–water partition coefficient (Wildman–Crippen LogP) is 3.51. The van der Waals surface area contributed by atoms with Crippen molar-refractivity contribution in [1.82, 2.24) is 0 Å². The van der Waals surface area contributed by atoms with Gasteiger partial charge in [0, 0.05) is 5.92 Å². The zero-order valence-corrected chi connectivity index (χ0v) is 14.1. The molecule has 0 aromatic carbocycles. The van der Waals surface area contributed by atoms with Crippen molar-refractivity contribution < 1.29 is 14.0 Å². The molecule has 0 radical (unpaired) electrons. The van der Waals surface area contributed by atoms with Crippen LogP contribution in [0.25, 0.3) is 0 Å². The minimum Gasteiger partial charge on any atom is -0.386 e. The number of ketones is 1. The maximum absolute atomic E-state index is 12.3. The molecule has 2 bridgehead atoms. The molecule has 0 spiro atoms. The molecule has 2 heterocycles. The zero-order chi connectivity index (χ0) is 14.6. The summed E-state index contributed by atoms with van der Waals surface area (Å²) in [5.74, 6) is -0.867. The lowest BCUT2D eigenvalue weighted by Gasteiger charge is -2.47. The van der Waals surface area contributed by atoms with Crippen molar-refractivity contribution in [1.29, 1.82) is 0 Å². The number of ether oxygens (including phenoxy) is 1. The zero-order valence-electron chi connectivity index (χ0n) is 13.1. The van der Waals surface area contributed by atoms with E-state index in [9.17, 15) is 4.79 Å². The molecular weight excluding hydrogens is 256 g/mol. The highest BCUT2D eigenvalue weighted by Gasteiger charge is 2.56. The molecule has 0 unspecified atom stereocenters. The minimum atomic E-state index is -1.98. The maximum atomic E-state index is 12.3. The second-order valence-electron chi connectivity index (χ2n) is 7.44. The molecule has 0 aromatic heterocycles. The maximum Gasteiger partial charge on any atom is 0.196 e. The van der Waals surface area contributed by atoms with E-state index in [4.69, 9.17) is 9.16 Å². The second kappa shape index (κ2) is 4.27. The largest absolute Gasteiger partial charge is 0.386 e. The summed E-state index contributed by atoms with van der Waals surface area (Å²) in [5, 5.41) is 0.100. The topological polar surface area (TPSA) is 35.5 Å². The number of hydrogen-bond donors (Lipinski definition) is 0. The van der Waals surface area contributed by atoms with Crippen LogP contribution in [0.1, 0.15) is 34.6 Å². The van der Waals surface area contributed by atoms with E-state index in [1.807, 2.05) is 26.0 Å². The van der Waals surface area contributed by atoms with E-state index in [-0.39, 0.29) is 28.8 Å². The van der Waals surface area contributed by atoms with E-state index in [1.54, 1.807) is 0 Å². The fourth-order valence-electron chi connectivity index (χ4n) is 2.49. The molecule has 1 saturated heterocycles. The summed E-state index contributed by atoms with van der Waals surface area (Å²) in [6, 6.07) is 0. The van der Waals surface area contributed by atoms with E-state index in [2.05, 4.69) is 33.9 Å². The average Bonchev–Trinajstić information content (AvgIpc) is 2.65. The van der Waals surface area contributed by atoms with Crippen molar-refractivity contribution in [2.75, 3.05) is 0 Å². The quantitative estimate of drug-likeness (QED) is 0.574. The van der Waals surface area contributed by atoms with Gasteiger partial charge in [-0.15, -0.1) is 0 Å². The number of Topliss-reactive ketones (excluding diaryl/α,β-unsaturated/α-hetero) is 1. The summed E-state index contributed by atoms with van der Waals surface area (Å²) in [6.45, 7) is 14.9. The van der Waals surface area contributed by atoms with Gasteiger partial charge in [-0.2, -0.15) is 0 Å². The molecule has 2 aliphatic heterocycles. The first kappa shape index (κ1) is 14.9. The third-order valence-electron chi connectivity index (χ3n) is 5.03. The molecule has 0 aliphatic carbocycles. The van der Waals surface area contributed by atoms with E-state index < -0.39 is 14.1 Å². The number of rotatable bonds is 2. The van der Waals surface area contributed by atoms with Crippen LogP contribution in [0.2, 0.25) is 18.1 Å². The van der Waals surface area contributed by atoms with Gasteiger partial charge in [-0.25, -0.2) is 0 Å². The van der Waals surface area contributed by atoms with Crippen LogP contribution in [0.15, 0.2) is 12.2 Å². The highest BCUT2D eigenvalue weighted by Crippen LogP contribution is 2.47. The van der Waals surface area contributed by atoms with Gasteiger partial charge in [0.1, 0.15) is 5.78 Å². The number of hydrogen-bond acceptors (Lipinski definition) is 3. The predicted molar refractivity (Wildman–Crippen MR) is 78.4 cm³/mol. The minimum absolute atomic E-state index is 0.0649. The third-order valence-corrected chi connectivity index (χ3v) is 9.47. The molecule has 0 aromatic rings. The average molecular weight is 282 g/mol. The van der Waals surface area contributed by atoms with Gasteiger partial charge in [0.2, 0.25) is 0 Å². The Hall–Kier alpha value is -0.453. The lowest BCUT2D eigenvalue weighted by molar-refractivity contribution is -0.220. The highest BCUT2D eigenvalue weighted by atomic mass is 28.4. The van der Waals surface area contributed by atoms with E-state index in [0.717, 1.165) is 0 Å². The number of fused-ring (bicyclic) bond motifs is 2. The van der Waals surface area contributed by atoms with Crippen molar-refractivity contribution in [2.24, 2.45) is 11.8 Å². The first-order valence-electron chi connectivity index (χ1n) is 7.11. The van der Waals surface area contributed by atoms with Gasteiger partial charge < -0.3 is 9.16 Å². The Labute approximate surface area is 117 Å². The normalized spacial score (nSPS) is 38.9. The molecule has 19 heavy (non-hydrogen) atoms. The Bertz CT molecular complexity index is 422. The van der Waals surface area contributed by atoms with E-state index in [1.165, 1.54) is 0 Å². The molecule has 2 rings (SSSR count). The van der Waals surface area contributed by atoms with E-state index in [0.29, 0.717) is 0 Å². The summed E-state index contributed by atoms with van der Waals surface area (Å²) in [5.41, 5.74) is 0. The van der Waals surface area contributed by atoms with Crippen molar-refractivity contribution in [2.45, 2.75) is 64.6 Å². The van der Waals surface area contributed by atoms with Gasteiger partial charge in [-0.05, 0) is 31.1 Å². The molecule has 2 aliphatic rings. The van der Waals surface area contributed by atoms with Crippen LogP contribution in [0.5, 0.6) is 0 Å². The molecule has 108 valence electrons. The van der Waals surface area contributed by atoms with Gasteiger partial charge in [0.05, 0.1) is 12.0 Å². The smallest absolute Gasteiger partial charge is 0.196 e. The fraction of sp³-hybridized carbons (Fsp3) is 0.800. The van der Waals surface area contributed by atoms with Crippen LogP contribution >= 0.6 is 0 Å². The first-order valence-corrected chi connectivity index (χ1v) is 10.0. The molecule has 4 heteroatoms. The van der Waals surface area contributed by atoms with Crippen LogP contribution in [0, 0.1) is 11.8 Å². The summed E-state index contributed by atoms with van der Waals surface area (Å²) in [4.78, 5) is 12.3. The van der Waals surface area contributed by atoms with Gasteiger partial charge in [0.25, 0.3) is 0 Å². The van der Waals surface area contributed by atoms with Crippen molar-refractivity contribution >= 4 is 14.1 Å². The monoisotopic (exact) mass is 282 g/mol. The molecule has 3 nitrogen and oxygen atoms in total. The standard InChI is InChI=1S/C15H26O3Si/c1-10-12-8-9-15(17-12,11(2)13(10)16)18-19(6,7)14(3,4)5/h8-12H,1-7H3/t10-,11-,12-,15+/m0/s1. The molecule has 0 amide bonds. The van der Waals surface area contributed by atoms with Crippen LogP contribution in [0.3, 0.4) is 0 Å². The molecule has 0 saturated carbocycles. The van der Waals surface area contributed by atoms with Gasteiger partial charge in [-0.3, -0.25) is 4.79 Å². The van der Waals surface area contributed by atoms with Crippen LogP contribution < -0.4 is 0 Å². The van der Waals surface area contributed by atoms with Crippen molar-refractivity contribution in [3.63, 3.8) is 0 Å². The van der Waals surface area contributed by atoms with Gasteiger partial charge in [0.15, 0.2) is 14.1 Å².